The maximum Gasteiger partial charge on any atom is 0.0905 e. The molecule has 4 heteroatoms. The van der Waals surface area contributed by atoms with Crippen LogP contribution in [0.2, 0.25) is 0 Å². The first kappa shape index (κ1) is 13.4. The van der Waals surface area contributed by atoms with Crippen molar-refractivity contribution in [2.45, 2.75) is 32.6 Å². The van der Waals surface area contributed by atoms with Crippen LogP contribution < -0.4 is 5.73 Å². The molecule has 0 spiro atoms. The van der Waals surface area contributed by atoms with Crippen molar-refractivity contribution in [3.63, 3.8) is 0 Å². The molecule has 0 rings (SSSR count). The van der Waals surface area contributed by atoms with Crippen molar-refractivity contribution in [2.24, 2.45) is 5.73 Å². The van der Waals surface area contributed by atoms with E-state index in [4.69, 9.17) is 20.6 Å². The maximum absolute atomic E-state index is 7.00. The predicted molar refractivity (Wildman–Crippen MR) is 57.7 cm³/mol. The Bertz CT molecular complexity index is 140. The zero-order chi connectivity index (χ0) is 10.6. The monoisotopic (exact) mass is 202 g/mol. The second-order valence-electron chi connectivity index (χ2n) is 3.21. The molecular weight excluding hydrogens is 180 g/mol. The van der Waals surface area contributed by atoms with Gasteiger partial charge in [0.25, 0.3) is 0 Å². The molecule has 0 saturated heterocycles. The van der Waals surface area contributed by atoms with E-state index in [1.807, 2.05) is 0 Å². The first-order valence-corrected chi connectivity index (χ1v) is 5.25. The number of hydrogen-bond donors (Lipinski definition) is 2. The molecule has 0 aliphatic carbocycles. The van der Waals surface area contributed by atoms with Crippen LogP contribution in [0, 0.1) is 5.41 Å². The van der Waals surface area contributed by atoms with Gasteiger partial charge in [0.1, 0.15) is 0 Å². The highest BCUT2D eigenvalue weighted by Gasteiger charge is 1.92. The van der Waals surface area contributed by atoms with Gasteiger partial charge in [-0.15, -0.1) is 0 Å². The fraction of sp³-hybridized carbons (Fsp3) is 0.900. The van der Waals surface area contributed by atoms with Gasteiger partial charge in [-0.3, -0.25) is 5.41 Å². The highest BCUT2D eigenvalue weighted by Crippen LogP contribution is 1.94. The van der Waals surface area contributed by atoms with E-state index >= 15 is 0 Å². The van der Waals surface area contributed by atoms with Crippen LogP contribution in [0.25, 0.3) is 0 Å². The Labute approximate surface area is 86.3 Å². The molecule has 3 N–H and O–H groups in total. The Morgan fingerprint density at radius 2 is 1.71 bits per heavy atom. The van der Waals surface area contributed by atoms with Crippen molar-refractivity contribution in [3.05, 3.63) is 0 Å². The van der Waals surface area contributed by atoms with E-state index in [1.165, 1.54) is 0 Å². The normalized spacial score (nSPS) is 10.4. The smallest absolute Gasteiger partial charge is 0.0905 e. The van der Waals surface area contributed by atoms with Gasteiger partial charge >= 0.3 is 0 Å². The quantitative estimate of drug-likeness (QED) is 0.321. The summed E-state index contributed by atoms with van der Waals surface area (Å²) < 4.78 is 10.6. The highest BCUT2D eigenvalue weighted by atomic mass is 16.5. The lowest BCUT2D eigenvalue weighted by Gasteiger charge is -2.04. The van der Waals surface area contributed by atoms with Crippen molar-refractivity contribution in [2.75, 3.05) is 26.4 Å². The number of ether oxygens (including phenoxy) is 2. The van der Waals surface area contributed by atoms with Gasteiger partial charge in [0, 0.05) is 19.6 Å². The second-order valence-corrected chi connectivity index (χ2v) is 3.21. The first-order valence-electron chi connectivity index (χ1n) is 5.25. The van der Waals surface area contributed by atoms with E-state index in [0.717, 1.165) is 32.5 Å². The summed E-state index contributed by atoms with van der Waals surface area (Å²) in [6.45, 7) is 4.99. The van der Waals surface area contributed by atoms with Gasteiger partial charge < -0.3 is 15.2 Å². The van der Waals surface area contributed by atoms with Crippen molar-refractivity contribution in [1.82, 2.24) is 0 Å². The number of nitrogens with two attached hydrogens (primary N) is 1. The Balaban J connectivity index is 2.88. The van der Waals surface area contributed by atoms with Gasteiger partial charge in [0.05, 0.1) is 19.0 Å². The molecule has 0 bridgehead atoms. The zero-order valence-electron chi connectivity index (χ0n) is 9.05. The minimum absolute atomic E-state index is 0.260. The number of hydrogen-bond acceptors (Lipinski definition) is 3. The zero-order valence-corrected chi connectivity index (χ0v) is 9.05. The van der Waals surface area contributed by atoms with Crippen molar-refractivity contribution < 1.29 is 9.47 Å². The summed E-state index contributed by atoms with van der Waals surface area (Å²) in [5, 5.41) is 7.00. The van der Waals surface area contributed by atoms with E-state index in [1.54, 1.807) is 0 Å². The van der Waals surface area contributed by atoms with E-state index < -0.39 is 0 Å². The number of rotatable bonds is 10. The Morgan fingerprint density at radius 1 is 1.07 bits per heavy atom. The SMILES string of the molecule is CCCOCCOCCCCC(=N)N. The first-order chi connectivity index (χ1) is 6.77. The third-order valence-electron chi connectivity index (χ3n) is 1.71. The molecule has 0 atom stereocenters. The van der Waals surface area contributed by atoms with Crippen LogP contribution >= 0.6 is 0 Å². The Kier molecular flexibility index (Phi) is 10.0. The van der Waals surface area contributed by atoms with Crippen LogP contribution in [0.1, 0.15) is 32.6 Å². The van der Waals surface area contributed by atoms with Gasteiger partial charge in [0.2, 0.25) is 0 Å². The largest absolute Gasteiger partial charge is 0.388 e. The Hall–Kier alpha value is -0.610. The van der Waals surface area contributed by atoms with E-state index in [9.17, 15) is 0 Å². The summed E-state index contributed by atoms with van der Waals surface area (Å²) in [5.41, 5.74) is 5.21. The fourth-order valence-corrected chi connectivity index (χ4v) is 0.986. The van der Waals surface area contributed by atoms with Gasteiger partial charge in [-0.2, -0.15) is 0 Å². The van der Waals surface area contributed by atoms with E-state index in [0.29, 0.717) is 19.6 Å². The van der Waals surface area contributed by atoms with E-state index in [-0.39, 0.29) is 5.84 Å². The summed E-state index contributed by atoms with van der Waals surface area (Å²) in [6, 6.07) is 0. The molecule has 0 aliphatic rings. The molecule has 0 aliphatic heterocycles. The summed E-state index contributed by atoms with van der Waals surface area (Å²) in [5.74, 6) is 0.260. The number of unbranched alkanes of at least 4 members (excludes halogenated alkanes) is 1. The van der Waals surface area contributed by atoms with Crippen LogP contribution in [0.3, 0.4) is 0 Å². The average Bonchev–Trinajstić information content (AvgIpc) is 2.15. The van der Waals surface area contributed by atoms with Crippen LogP contribution in [0.4, 0.5) is 0 Å². The molecule has 0 amide bonds. The molecule has 0 aromatic rings. The molecular formula is C10H22N2O2. The maximum atomic E-state index is 7.00. The minimum atomic E-state index is 0.260. The summed E-state index contributed by atoms with van der Waals surface area (Å²) in [7, 11) is 0. The predicted octanol–water partition coefficient (Wildman–Crippen LogP) is 1.54. The molecule has 0 aromatic heterocycles. The Morgan fingerprint density at radius 3 is 2.29 bits per heavy atom. The third-order valence-corrected chi connectivity index (χ3v) is 1.71. The molecule has 4 nitrogen and oxygen atoms in total. The second kappa shape index (κ2) is 10.5. The van der Waals surface area contributed by atoms with Gasteiger partial charge in [-0.05, 0) is 19.3 Å². The van der Waals surface area contributed by atoms with Crippen LogP contribution in [-0.2, 0) is 9.47 Å². The van der Waals surface area contributed by atoms with Crippen LogP contribution in [0.15, 0.2) is 0 Å². The number of nitrogens with one attached hydrogen (secondary N) is 1. The lowest BCUT2D eigenvalue weighted by atomic mass is 10.2. The molecule has 0 aromatic carbocycles. The topological polar surface area (TPSA) is 68.3 Å². The molecule has 84 valence electrons. The molecule has 0 radical (unpaired) electrons. The van der Waals surface area contributed by atoms with Gasteiger partial charge in [-0.1, -0.05) is 6.92 Å². The lowest BCUT2D eigenvalue weighted by molar-refractivity contribution is 0.0468. The molecule has 14 heavy (non-hydrogen) atoms. The van der Waals surface area contributed by atoms with Gasteiger partial charge in [0.15, 0.2) is 0 Å². The molecule has 0 unspecified atom stereocenters. The van der Waals surface area contributed by atoms with Crippen molar-refractivity contribution in [3.8, 4) is 0 Å². The van der Waals surface area contributed by atoms with E-state index in [2.05, 4.69) is 6.92 Å². The highest BCUT2D eigenvalue weighted by molar-refractivity contribution is 5.76. The summed E-state index contributed by atoms with van der Waals surface area (Å²) in [6.07, 6.45) is 3.63. The molecule has 0 saturated carbocycles. The third kappa shape index (κ3) is 11.4. The van der Waals surface area contributed by atoms with Gasteiger partial charge in [-0.25, -0.2) is 0 Å². The van der Waals surface area contributed by atoms with Crippen molar-refractivity contribution in [1.29, 1.82) is 5.41 Å². The minimum Gasteiger partial charge on any atom is -0.388 e. The van der Waals surface area contributed by atoms with Crippen molar-refractivity contribution >= 4 is 5.84 Å². The average molecular weight is 202 g/mol. The standard InChI is InChI=1S/C10H22N2O2/c1-2-6-13-8-9-14-7-4-3-5-10(11)12/h2-9H2,1H3,(H3,11,12). The molecule has 0 heterocycles. The number of amidine groups is 1. The lowest BCUT2D eigenvalue weighted by Crippen LogP contribution is -2.10. The van der Waals surface area contributed by atoms with Crippen LogP contribution in [-0.4, -0.2) is 32.3 Å². The fourth-order valence-electron chi connectivity index (χ4n) is 0.986. The summed E-state index contributed by atoms with van der Waals surface area (Å²) >= 11 is 0. The van der Waals surface area contributed by atoms with Crippen LogP contribution in [0.5, 0.6) is 0 Å². The summed E-state index contributed by atoms with van der Waals surface area (Å²) in [4.78, 5) is 0. The molecule has 0 fully saturated rings.